The molecule has 0 N–H and O–H groups in total. The Labute approximate surface area is 206 Å². The fourth-order valence-electron chi connectivity index (χ4n) is 3.76. The molecule has 0 fully saturated rings. The van der Waals surface area contributed by atoms with Gasteiger partial charge in [0.05, 0.1) is 11.1 Å². The molecule has 0 amide bonds. The van der Waals surface area contributed by atoms with E-state index in [-0.39, 0.29) is 35.0 Å². The molecule has 4 nitrogen and oxygen atoms in total. The van der Waals surface area contributed by atoms with Crippen LogP contribution in [-0.2, 0) is 20.3 Å². The number of unbranched alkanes of at least 4 members (excludes halogenated alkanes) is 1. The summed E-state index contributed by atoms with van der Waals surface area (Å²) in [5.74, 6) is -0.691. The number of carbonyl (C=O) groups is 2. The standard InChI is InChI=1S/C30H42O4/c1-9-10-11-26(34-28(32)23-14-18-25(19-15-23)30(6,7)8)20-21(2)33-27(31)22-12-16-24(17-13-22)29(3,4)5/h12-19,21,26H,9-11,20H2,1-8H3. The number of ether oxygens (including phenoxy) is 2. The van der Waals surface area contributed by atoms with E-state index in [9.17, 15) is 9.59 Å². The molecule has 0 radical (unpaired) electrons. The fourth-order valence-corrected chi connectivity index (χ4v) is 3.76. The van der Waals surface area contributed by atoms with Gasteiger partial charge in [-0.2, -0.15) is 0 Å². The van der Waals surface area contributed by atoms with Gasteiger partial charge in [0, 0.05) is 6.42 Å². The van der Waals surface area contributed by atoms with Crippen LogP contribution in [-0.4, -0.2) is 24.1 Å². The van der Waals surface area contributed by atoms with Crippen molar-refractivity contribution in [3.63, 3.8) is 0 Å². The highest BCUT2D eigenvalue weighted by atomic mass is 16.6. The smallest absolute Gasteiger partial charge is 0.338 e. The zero-order chi connectivity index (χ0) is 25.5. The summed E-state index contributed by atoms with van der Waals surface area (Å²) in [6, 6.07) is 15.2. The molecule has 0 heterocycles. The highest BCUT2D eigenvalue weighted by molar-refractivity contribution is 5.90. The number of esters is 2. The van der Waals surface area contributed by atoms with E-state index in [1.807, 2.05) is 55.5 Å². The second-order valence-corrected chi connectivity index (χ2v) is 11.3. The molecule has 4 heteroatoms. The van der Waals surface area contributed by atoms with E-state index in [4.69, 9.17) is 9.47 Å². The normalized spacial score (nSPS) is 13.8. The van der Waals surface area contributed by atoms with Gasteiger partial charge in [-0.3, -0.25) is 0 Å². The Morgan fingerprint density at radius 2 is 1.15 bits per heavy atom. The lowest BCUT2D eigenvalue weighted by Gasteiger charge is -2.23. The van der Waals surface area contributed by atoms with Gasteiger partial charge in [-0.25, -0.2) is 9.59 Å². The number of carbonyl (C=O) groups excluding carboxylic acids is 2. The first kappa shape index (κ1) is 27.6. The Hall–Kier alpha value is -2.62. The Morgan fingerprint density at radius 1 is 0.735 bits per heavy atom. The van der Waals surface area contributed by atoms with Crippen LogP contribution >= 0.6 is 0 Å². The topological polar surface area (TPSA) is 52.6 Å². The molecule has 0 aliphatic carbocycles. The van der Waals surface area contributed by atoms with E-state index in [2.05, 4.69) is 48.5 Å². The summed E-state index contributed by atoms with van der Waals surface area (Å²) in [6.07, 6.45) is 2.48. The fraction of sp³-hybridized carbons (Fsp3) is 0.533. The predicted molar refractivity (Wildman–Crippen MR) is 139 cm³/mol. The minimum atomic E-state index is -0.368. The van der Waals surface area contributed by atoms with Crippen LogP contribution in [0.3, 0.4) is 0 Å². The molecule has 0 aromatic heterocycles. The van der Waals surface area contributed by atoms with Crippen LogP contribution in [0, 0.1) is 0 Å². The summed E-state index contributed by atoms with van der Waals surface area (Å²) in [4.78, 5) is 25.4. The summed E-state index contributed by atoms with van der Waals surface area (Å²) in [5.41, 5.74) is 3.46. The molecule has 2 aromatic rings. The first-order valence-electron chi connectivity index (χ1n) is 12.4. The summed E-state index contributed by atoms with van der Waals surface area (Å²) in [5, 5.41) is 0. The summed E-state index contributed by atoms with van der Waals surface area (Å²) >= 11 is 0. The lowest BCUT2D eigenvalue weighted by molar-refractivity contribution is 0.00128. The Morgan fingerprint density at radius 3 is 1.53 bits per heavy atom. The molecule has 2 aromatic carbocycles. The maximum Gasteiger partial charge on any atom is 0.338 e. The average molecular weight is 467 g/mol. The van der Waals surface area contributed by atoms with Crippen molar-refractivity contribution in [2.24, 2.45) is 0 Å². The van der Waals surface area contributed by atoms with E-state index in [0.717, 1.165) is 19.3 Å². The van der Waals surface area contributed by atoms with Gasteiger partial charge < -0.3 is 9.47 Å². The van der Waals surface area contributed by atoms with E-state index in [1.165, 1.54) is 11.1 Å². The molecule has 0 saturated heterocycles. The molecule has 2 atom stereocenters. The van der Waals surface area contributed by atoms with Gasteiger partial charge in [0.25, 0.3) is 0 Å². The van der Waals surface area contributed by atoms with Crippen molar-refractivity contribution in [2.75, 3.05) is 0 Å². The molecule has 2 unspecified atom stereocenters. The summed E-state index contributed by atoms with van der Waals surface area (Å²) in [7, 11) is 0. The predicted octanol–water partition coefficient (Wildman–Crippen LogP) is 7.63. The average Bonchev–Trinajstić information content (AvgIpc) is 2.76. The molecule has 0 aliphatic rings. The van der Waals surface area contributed by atoms with Gasteiger partial charge in [-0.05, 0) is 59.6 Å². The maximum atomic E-state index is 12.8. The van der Waals surface area contributed by atoms with Crippen molar-refractivity contribution in [1.82, 2.24) is 0 Å². The van der Waals surface area contributed by atoms with Gasteiger partial charge in [0.15, 0.2) is 0 Å². The van der Waals surface area contributed by atoms with Crippen molar-refractivity contribution in [3.8, 4) is 0 Å². The Kier molecular flexibility index (Phi) is 9.49. The van der Waals surface area contributed by atoms with Gasteiger partial charge in [-0.1, -0.05) is 85.6 Å². The molecule has 34 heavy (non-hydrogen) atoms. The third kappa shape index (κ3) is 8.30. The molecule has 0 bridgehead atoms. The van der Waals surface area contributed by atoms with E-state index in [1.54, 1.807) is 0 Å². The Bertz CT molecular complexity index is 928. The minimum absolute atomic E-state index is 0.0263. The van der Waals surface area contributed by atoms with Crippen molar-refractivity contribution < 1.29 is 19.1 Å². The van der Waals surface area contributed by atoms with E-state index in [0.29, 0.717) is 17.5 Å². The van der Waals surface area contributed by atoms with Crippen molar-refractivity contribution >= 4 is 11.9 Å². The SMILES string of the molecule is CCCCC(CC(C)OC(=O)c1ccc(C(C)(C)C)cc1)OC(=O)c1ccc(C(C)(C)C)cc1. The molecule has 0 saturated carbocycles. The van der Waals surface area contributed by atoms with Crippen LogP contribution < -0.4 is 0 Å². The molecule has 0 aliphatic heterocycles. The lowest BCUT2D eigenvalue weighted by atomic mass is 9.87. The largest absolute Gasteiger partial charge is 0.459 e. The van der Waals surface area contributed by atoms with Gasteiger partial charge in [0.1, 0.15) is 12.2 Å². The van der Waals surface area contributed by atoms with Crippen molar-refractivity contribution in [3.05, 3.63) is 70.8 Å². The third-order valence-corrected chi connectivity index (χ3v) is 6.03. The third-order valence-electron chi connectivity index (χ3n) is 6.03. The van der Waals surface area contributed by atoms with Crippen LogP contribution in [0.4, 0.5) is 0 Å². The molecular weight excluding hydrogens is 424 g/mol. The second kappa shape index (κ2) is 11.7. The molecule has 2 rings (SSSR count). The molecule has 0 spiro atoms. The number of hydrogen-bond acceptors (Lipinski definition) is 4. The first-order chi connectivity index (χ1) is 15.8. The van der Waals surface area contributed by atoms with Crippen molar-refractivity contribution in [2.45, 2.75) is 104 Å². The van der Waals surface area contributed by atoms with Crippen LogP contribution in [0.2, 0.25) is 0 Å². The highest BCUT2D eigenvalue weighted by Crippen LogP contribution is 2.24. The monoisotopic (exact) mass is 466 g/mol. The second-order valence-electron chi connectivity index (χ2n) is 11.3. The van der Waals surface area contributed by atoms with E-state index < -0.39 is 0 Å². The van der Waals surface area contributed by atoms with Crippen LogP contribution in [0.5, 0.6) is 0 Å². The zero-order valence-electron chi connectivity index (χ0n) is 22.2. The highest BCUT2D eigenvalue weighted by Gasteiger charge is 2.22. The summed E-state index contributed by atoms with van der Waals surface area (Å²) < 4.78 is 11.5. The molecular formula is C30H42O4. The van der Waals surface area contributed by atoms with Crippen molar-refractivity contribution in [1.29, 1.82) is 0 Å². The zero-order valence-corrected chi connectivity index (χ0v) is 22.2. The van der Waals surface area contributed by atoms with Crippen LogP contribution in [0.15, 0.2) is 48.5 Å². The Balaban J connectivity index is 2.00. The van der Waals surface area contributed by atoms with Gasteiger partial charge >= 0.3 is 11.9 Å². The number of benzene rings is 2. The summed E-state index contributed by atoms with van der Waals surface area (Å²) in [6.45, 7) is 16.8. The number of rotatable bonds is 9. The lowest BCUT2D eigenvalue weighted by Crippen LogP contribution is -2.26. The first-order valence-corrected chi connectivity index (χ1v) is 12.4. The molecule has 186 valence electrons. The van der Waals surface area contributed by atoms with Gasteiger partial charge in [0.2, 0.25) is 0 Å². The maximum absolute atomic E-state index is 12.8. The van der Waals surface area contributed by atoms with Crippen LogP contribution in [0.25, 0.3) is 0 Å². The van der Waals surface area contributed by atoms with E-state index >= 15 is 0 Å². The number of hydrogen-bond donors (Lipinski definition) is 0. The van der Waals surface area contributed by atoms with Gasteiger partial charge in [-0.15, -0.1) is 0 Å². The van der Waals surface area contributed by atoms with Crippen LogP contribution in [0.1, 0.15) is 113 Å². The minimum Gasteiger partial charge on any atom is -0.459 e. The quantitative estimate of drug-likeness (QED) is 0.356.